The quantitative estimate of drug-likeness (QED) is 0.800. The minimum Gasteiger partial charge on any atom is -0.373 e. The summed E-state index contributed by atoms with van der Waals surface area (Å²) in [6.45, 7) is 5.39. The second-order valence-electron chi connectivity index (χ2n) is 4.15. The Kier molecular flexibility index (Phi) is 5.26. The number of anilines is 1. The first-order valence-electron chi connectivity index (χ1n) is 6.05. The molecular weight excluding hydrogens is 198 g/mol. The Hall–Kier alpha value is -1.09. The Morgan fingerprint density at radius 1 is 1.31 bits per heavy atom. The summed E-state index contributed by atoms with van der Waals surface area (Å²) in [5.41, 5.74) is 1.13. The van der Waals surface area contributed by atoms with Crippen molar-refractivity contribution in [3.8, 4) is 0 Å². The van der Waals surface area contributed by atoms with Gasteiger partial charge in [0, 0.05) is 19.6 Å². The number of nitrogens with one attached hydrogen (secondary N) is 1. The van der Waals surface area contributed by atoms with E-state index in [1.807, 2.05) is 13.1 Å². The summed E-state index contributed by atoms with van der Waals surface area (Å²) in [4.78, 5) is 6.91. The summed E-state index contributed by atoms with van der Waals surface area (Å²) >= 11 is 0. The van der Waals surface area contributed by atoms with E-state index in [1.165, 1.54) is 12.8 Å². The highest BCUT2D eigenvalue weighted by atomic mass is 15.1. The van der Waals surface area contributed by atoms with E-state index in [0.717, 1.165) is 18.1 Å². The van der Waals surface area contributed by atoms with Gasteiger partial charge in [-0.3, -0.25) is 4.90 Å². The zero-order chi connectivity index (χ0) is 12.0. The highest BCUT2D eigenvalue weighted by Crippen LogP contribution is 2.11. The summed E-state index contributed by atoms with van der Waals surface area (Å²) in [6.07, 6.45) is 2.39. The van der Waals surface area contributed by atoms with Crippen LogP contribution in [0.25, 0.3) is 0 Å². The van der Waals surface area contributed by atoms with Crippen LogP contribution < -0.4 is 5.32 Å². The monoisotopic (exact) mass is 221 g/mol. The smallest absolute Gasteiger partial charge is 0.126 e. The van der Waals surface area contributed by atoms with Crippen molar-refractivity contribution in [3.63, 3.8) is 0 Å². The predicted molar refractivity (Wildman–Crippen MR) is 69.6 cm³/mol. The maximum atomic E-state index is 4.53. The van der Waals surface area contributed by atoms with E-state index >= 15 is 0 Å². The lowest BCUT2D eigenvalue weighted by atomic mass is 10.1. The van der Waals surface area contributed by atoms with Gasteiger partial charge >= 0.3 is 0 Å². The molecule has 0 spiro atoms. The van der Waals surface area contributed by atoms with Gasteiger partial charge in [0.2, 0.25) is 0 Å². The third kappa shape index (κ3) is 3.49. The molecule has 1 N–H and O–H groups in total. The minimum atomic E-state index is 0.653. The third-order valence-electron chi connectivity index (χ3n) is 3.04. The summed E-state index contributed by atoms with van der Waals surface area (Å²) in [6, 6.07) is 6.77. The molecule has 1 aromatic rings. The molecule has 1 rings (SSSR count). The fourth-order valence-corrected chi connectivity index (χ4v) is 2.00. The van der Waals surface area contributed by atoms with E-state index in [-0.39, 0.29) is 0 Å². The molecule has 0 amide bonds. The van der Waals surface area contributed by atoms with Crippen molar-refractivity contribution >= 4 is 5.82 Å². The molecule has 16 heavy (non-hydrogen) atoms. The standard InChI is InChI=1S/C13H23N3/c1-5-12(6-2)16(4)10-11-8-7-9-13(14-3)15-11/h7-9,12H,5-6,10H2,1-4H3,(H,14,15). The molecule has 0 atom stereocenters. The summed E-state index contributed by atoms with van der Waals surface area (Å²) in [5, 5.41) is 3.07. The molecule has 0 bridgehead atoms. The van der Waals surface area contributed by atoms with Crippen LogP contribution in [0.4, 0.5) is 5.82 Å². The predicted octanol–water partition coefficient (Wildman–Crippen LogP) is 2.74. The summed E-state index contributed by atoms with van der Waals surface area (Å²) < 4.78 is 0. The van der Waals surface area contributed by atoms with E-state index in [1.54, 1.807) is 0 Å². The first-order valence-corrected chi connectivity index (χ1v) is 6.05. The van der Waals surface area contributed by atoms with Crippen molar-refractivity contribution in [1.82, 2.24) is 9.88 Å². The molecule has 3 heteroatoms. The van der Waals surface area contributed by atoms with E-state index in [2.05, 4.69) is 48.2 Å². The Balaban J connectivity index is 2.64. The van der Waals surface area contributed by atoms with Gasteiger partial charge in [-0.15, -0.1) is 0 Å². The normalized spacial score (nSPS) is 11.1. The zero-order valence-corrected chi connectivity index (χ0v) is 10.8. The van der Waals surface area contributed by atoms with Crippen LogP contribution in [0.5, 0.6) is 0 Å². The van der Waals surface area contributed by atoms with Crippen molar-refractivity contribution in [2.45, 2.75) is 39.3 Å². The van der Waals surface area contributed by atoms with Crippen LogP contribution in [0.1, 0.15) is 32.4 Å². The lowest BCUT2D eigenvalue weighted by molar-refractivity contribution is 0.219. The molecule has 0 aliphatic carbocycles. The first kappa shape index (κ1) is 13.0. The first-order chi connectivity index (χ1) is 7.71. The molecule has 1 heterocycles. The van der Waals surface area contributed by atoms with Crippen LogP contribution in [-0.2, 0) is 6.54 Å². The van der Waals surface area contributed by atoms with E-state index in [4.69, 9.17) is 0 Å². The van der Waals surface area contributed by atoms with Crippen molar-refractivity contribution < 1.29 is 0 Å². The van der Waals surface area contributed by atoms with E-state index < -0.39 is 0 Å². The molecule has 0 aliphatic heterocycles. The topological polar surface area (TPSA) is 28.2 Å². The average molecular weight is 221 g/mol. The van der Waals surface area contributed by atoms with Crippen molar-refractivity contribution in [3.05, 3.63) is 23.9 Å². The van der Waals surface area contributed by atoms with Crippen LogP contribution >= 0.6 is 0 Å². The highest BCUT2D eigenvalue weighted by Gasteiger charge is 2.11. The van der Waals surface area contributed by atoms with Crippen LogP contribution in [-0.4, -0.2) is 30.0 Å². The van der Waals surface area contributed by atoms with Crippen LogP contribution in [0.15, 0.2) is 18.2 Å². The molecule has 0 saturated heterocycles. The lowest BCUT2D eigenvalue weighted by Gasteiger charge is -2.25. The van der Waals surface area contributed by atoms with Crippen LogP contribution in [0.3, 0.4) is 0 Å². The van der Waals surface area contributed by atoms with Gasteiger partial charge in [0.15, 0.2) is 0 Å². The Morgan fingerprint density at radius 3 is 2.56 bits per heavy atom. The molecule has 0 aliphatic rings. The number of rotatable bonds is 6. The second kappa shape index (κ2) is 6.48. The van der Waals surface area contributed by atoms with Gasteiger partial charge in [-0.2, -0.15) is 0 Å². The summed E-state index contributed by atoms with van der Waals surface area (Å²) in [7, 11) is 4.07. The number of aromatic nitrogens is 1. The molecular formula is C13H23N3. The highest BCUT2D eigenvalue weighted by molar-refractivity contribution is 5.34. The molecule has 90 valence electrons. The van der Waals surface area contributed by atoms with Gasteiger partial charge < -0.3 is 5.32 Å². The summed E-state index contributed by atoms with van der Waals surface area (Å²) in [5.74, 6) is 0.940. The van der Waals surface area contributed by atoms with Gasteiger partial charge in [-0.25, -0.2) is 4.98 Å². The molecule has 1 aromatic heterocycles. The van der Waals surface area contributed by atoms with Gasteiger partial charge in [0.1, 0.15) is 5.82 Å². The fraction of sp³-hybridized carbons (Fsp3) is 0.615. The van der Waals surface area contributed by atoms with E-state index in [9.17, 15) is 0 Å². The third-order valence-corrected chi connectivity index (χ3v) is 3.04. The van der Waals surface area contributed by atoms with Gasteiger partial charge in [0.05, 0.1) is 5.69 Å². The molecule has 0 fully saturated rings. The molecule has 0 saturated carbocycles. The second-order valence-corrected chi connectivity index (χ2v) is 4.15. The largest absolute Gasteiger partial charge is 0.373 e. The maximum absolute atomic E-state index is 4.53. The molecule has 3 nitrogen and oxygen atoms in total. The Bertz CT molecular complexity index is 308. The maximum Gasteiger partial charge on any atom is 0.126 e. The number of hydrogen-bond acceptors (Lipinski definition) is 3. The fourth-order valence-electron chi connectivity index (χ4n) is 2.00. The number of hydrogen-bond donors (Lipinski definition) is 1. The average Bonchev–Trinajstić information content (AvgIpc) is 2.31. The zero-order valence-electron chi connectivity index (χ0n) is 10.8. The number of pyridine rings is 1. The SMILES string of the molecule is CCC(CC)N(C)Cc1cccc(NC)n1. The lowest BCUT2D eigenvalue weighted by Crippen LogP contribution is -2.30. The molecule has 0 aromatic carbocycles. The minimum absolute atomic E-state index is 0.653. The van der Waals surface area contributed by atoms with E-state index in [0.29, 0.717) is 6.04 Å². The van der Waals surface area contributed by atoms with Crippen LogP contribution in [0.2, 0.25) is 0 Å². The molecule has 0 radical (unpaired) electrons. The van der Waals surface area contributed by atoms with Crippen molar-refractivity contribution in [2.75, 3.05) is 19.4 Å². The Morgan fingerprint density at radius 2 is 2.00 bits per heavy atom. The van der Waals surface area contributed by atoms with Gasteiger partial charge in [-0.1, -0.05) is 19.9 Å². The van der Waals surface area contributed by atoms with Gasteiger partial charge in [0.25, 0.3) is 0 Å². The van der Waals surface area contributed by atoms with Crippen molar-refractivity contribution in [2.24, 2.45) is 0 Å². The Labute approximate surface area is 98.9 Å². The number of nitrogens with zero attached hydrogens (tertiary/aromatic N) is 2. The molecule has 0 unspecified atom stereocenters. The van der Waals surface area contributed by atoms with Crippen LogP contribution in [0, 0.1) is 0 Å². The van der Waals surface area contributed by atoms with Gasteiger partial charge in [-0.05, 0) is 32.0 Å². The van der Waals surface area contributed by atoms with Crippen molar-refractivity contribution in [1.29, 1.82) is 0 Å².